The fourth-order valence-corrected chi connectivity index (χ4v) is 2.70. The molecule has 1 amide bonds. The molecule has 4 N–H and O–H groups in total. The van der Waals surface area contributed by atoms with Gasteiger partial charge < -0.3 is 16.4 Å². The first-order chi connectivity index (χ1) is 11.6. The summed E-state index contributed by atoms with van der Waals surface area (Å²) in [7, 11) is 0. The fraction of sp³-hybridized carbons (Fsp3) is 0.350. The Labute approximate surface area is 143 Å². The lowest BCUT2D eigenvalue weighted by Gasteiger charge is -2.17. The molecular weight excluding hydrogens is 298 g/mol. The van der Waals surface area contributed by atoms with Gasteiger partial charge in [0.25, 0.3) is 5.91 Å². The molecule has 2 aromatic rings. The van der Waals surface area contributed by atoms with Gasteiger partial charge in [-0.15, -0.1) is 0 Å². The summed E-state index contributed by atoms with van der Waals surface area (Å²) in [5.41, 5.74) is 9.59. The summed E-state index contributed by atoms with van der Waals surface area (Å²) in [5, 5.41) is 6.42. The van der Waals surface area contributed by atoms with E-state index in [0.717, 1.165) is 31.4 Å². The number of amides is 1. The molecule has 0 aliphatic heterocycles. The largest absolute Gasteiger partial charge is 0.397 e. The second-order valence-corrected chi connectivity index (χ2v) is 6.62. The molecule has 0 aromatic heterocycles. The van der Waals surface area contributed by atoms with Crippen LogP contribution in [0.15, 0.2) is 48.5 Å². The van der Waals surface area contributed by atoms with Crippen molar-refractivity contribution in [3.05, 3.63) is 59.7 Å². The summed E-state index contributed by atoms with van der Waals surface area (Å²) in [6.07, 6.45) is 4.21. The van der Waals surface area contributed by atoms with E-state index in [1.165, 1.54) is 5.56 Å². The number of nitrogens with one attached hydrogen (secondary N) is 2. The van der Waals surface area contributed by atoms with Gasteiger partial charge in [0.15, 0.2) is 0 Å². The summed E-state index contributed by atoms with van der Waals surface area (Å²) in [6.45, 7) is 2.15. The van der Waals surface area contributed by atoms with Crippen molar-refractivity contribution < 1.29 is 4.79 Å². The number of anilines is 2. The number of aryl methyl sites for hydroxylation is 1. The molecule has 1 aliphatic carbocycles. The highest BCUT2D eigenvalue weighted by Gasteiger charge is 2.24. The van der Waals surface area contributed by atoms with Crippen LogP contribution < -0.4 is 16.4 Å². The maximum absolute atomic E-state index is 12.1. The second-order valence-electron chi connectivity index (χ2n) is 6.62. The molecule has 24 heavy (non-hydrogen) atoms. The number of benzene rings is 2. The Morgan fingerprint density at radius 1 is 1.21 bits per heavy atom. The minimum atomic E-state index is -0.0344. The Kier molecular flexibility index (Phi) is 5.04. The van der Waals surface area contributed by atoms with Crippen molar-refractivity contribution in [1.82, 2.24) is 5.32 Å². The van der Waals surface area contributed by atoms with E-state index >= 15 is 0 Å². The van der Waals surface area contributed by atoms with Gasteiger partial charge >= 0.3 is 0 Å². The number of hydrogen-bond donors (Lipinski definition) is 3. The molecule has 4 heteroatoms. The molecule has 0 spiro atoms. The number of nitrogens with two attached hydrogens (primary N) is 1. The van der Waals surface area contributed by atoms with Crippen LogP contribution in [-0.4, -0.2) is 18.0 Å². The molecule has 3 rings (SSSR count). The summed E-state index contributed by atoms with van der Waals surface area (Å²) < 4.78 is 0. The van der Waals surface area contributed by atoms with Crippen LogP contribution in [0.3, 0.4) is 0 Å². The SMILES string of the molecule is C[C@H](CCc1ccccc1)Nc1ccc(C(=O)NC2CC2)cc1N. The molecule has 0 unspecified atom stereocenters. The predicted octanol–water partition coefficient (Wildman–Crippen LogP) is 3.59. The van der Waals surface area contributed by atoms with Crippen LogP contribution >= 0.6 is 0 Å². The molecule has 1 atom stereocenters. The fourth-order valence-electron chi connectivity index (χ4n) is 2.70. The lowest BCUT2D eigenvalue weighted by atomic mass is 10.1. The van der Waals surface area contributed by atoms with E-state index < -0.39 is 0 Å². The van der Waals surface area contributed by atoms with Crippen molar-refractivity contribution in [2.24, 2.45) is 0 Å². The van der Waals surface area contributed by atoms with E-state index in [-0.39, 0.29) is 5.91 Å². The number of hydrogen-bond acceptors (Lipinski definition) is 3. The zero-order chi connectivity index (χ0) is 16.9. The maximum Gasteiger partial charge on any atom is 0.251 e. The molecule has 2 aromatic carbocycles. The Morgan fingerprint density at radius 2 is 1.96 bits per heavy atom. The van der Waals surface area contributed by atoms with Crippen molar-refractivity contribution in [2.75, 3.05) is 11.1 Å². The Morgan fingerprint density at radius 3 is 2.62 bits per heavy atom. The van der Waals surface area contributed by atoms with Crippen molar-refractivity contribution in [3.8, 4) is 0 Å². The summed E-state index contributed by atoms with van der Waals surface area (Å²) in [5.74, 6) is -0.0344. The molecule has 126 valence electrons. The van der Waals surface area contributed by atoms with Gasteiger partial charge in [-0.3, -0.25) is 4.79 Å². The van der Waals surface area contributed by atoms with E-state index in [1.54, 1.807) is 6.07 Å². The molecule has 1 saturated carbocycles. The monoisotopic (exact) mass is 323 g/mol. The topological polar surface area (TPSA) is 67.2 Å². The van der Waals surface area contributed by atoms with Crippen LogP contribution in [-0.2, 0) is 6.42 Å². The van der Waals surface area contributed by atoms with Crippen LogP contribution in [0.25, 0.3) is 0 Å². The molecular formula is C20H25N3O. The van der Waals surface area contributed by atoms with Crippen LogP contribution in [0.1, 0.15) is 42.1 Å². The van der Waals surface area contributed by atoms with E-state index in [9.17, 15) is 4.79 Å². The van der Waals surface area contributed by atoms with Gasteiger partial charge in [-0.05, 0) is 56.4 Å². The molecule has 0 radical (unpaired) electrons. The molecule has 4 nitrogen and oxygen atoms in total. The third kappa shape index (κ3) is 4.51. The van der Waals surface area contributed by atoms with E-state index in [4.69, 9.17) is 5.73 Å². The number of rotatable bonds is 7. The zero-order valence-corrected chi connectivity index (χ0v) is 14.1. The van der Waals surface area contributed by atoms with Crippen molar-refractivity contribution in [1.29, 1.82) is 0 Å². The molecule has 0 saturated heterocycles. The number of carbonyl (C=O) groups excluding carboxylic acids is 1. The second kappa shape index (κ2) is 7.39. The summed E-state index contributed by atoms with van der Waals surface area (Å²) in [4.78, 5) is 12.1. The highest BCUT2D eigenvalue weighted by Crippen LogP contribution is 2.23. The zero-order valence-electron chi connectivity index (χ0n) is 14.1. The molecule has 0 bridgehead atoms. The van der Waals surface area contributed by atoms with Gasteiger partial charge in [0, 0.05) is 17.6 Å². The van der Waals surface area contributed by atoms with Gasteiger partial charge in [-0.1, -0.05) is 30.3 Å². The molecule has 0 heterocycles. The van der Waals surface area contributed by atoms with Crippen molar-refractivity contribution in [2.45, 2.75) is 44.7 Å². The third-order valence-corrected chi connectivity index (χ3v) is 4.34. The van der Waals surface area contributed by atoms with Gasteiger partial charge in [-0.2, -0.15) is 0 Å². The van der Waals surface area contributed by atoms with Gasteiger partial charge in [0.1, 0.15) is 0 Å². The normalized spacial score (nSPS) is 14.9. The average molecular weight is 323 g/mol. The van der Waals surface area contributed by atoms with Gasteiger partial charge in [-0.25, -0.2) is 0 Å². The minimum Gasteiger partial charge on any atom is -0.397 e. The Balaban J connectivity index is 1.55. The lowest BCUT2D eigenvalue weighted by Crippen LogP contribution is -2.25. The maximum atomic E-state index is 12.1. The Hall–Kier alpha value is -2.49. The highest BCUT2D eigenvalue weighted by molar-refractivity contribution is 5.96. The first-order valence-electron chi connectivity index (χ1n) is 8.62. The van der Waals surface area contributed by atoms with Gasteiger partial charge in [0.2, 0.25) is 0 Å². The highest BCUT2D eigenvalue weighted by atomic mass is 16.1. The van der Waals surface area contributed by atoms with Gasteiger partial charge in [0.05, 0.1) is 11.4 Å². The molecule has 1 aliphatic rings. The van der Waals surface area contributed by atoms with Crippen LogP contribution in [0, 0.1) is 0 Å². The average Bonchev–Trinajstić information content (AvgIpc) is 3.39. The number of nitrogen functional groups attached to an aromatic ring is 1. The van der Waals surface area contributed by atoms with Crippen LogP contribution in [0.4, 0.5) is 11.4 Å². The first kappa shape index (κ1) is 16.4. The first-order valence-corrected chi connectivity index (χ1v) is 8.62. The minimum absolute atomic E-state index is 0.0344. The molecule has 1 fully saturated rings. The Bertz CT molecular complexity index is 695. The quantitative estimate of drug-likeness (QED) is 0.682. The lowest BCUT2D eigenvalue weighted by molar-refractivity contribution is 0.0951. The number of carbonyl (C=O) groups is 1. The summed E-state index contributed by atoms with van der Waals surface area (Å²) >= 11 is 0. The van der Waals surface area contributed by atoms with E-state index in [0.29, 0.717) is 23.3 Å². The van der Waals surface area contributed by atoms with E-state index in [2.05, 4.69) is 41.8 Å². The summed E-state index contributed by atoms with van der Waals surface area (Å²) in [6, 6.07) is 16.6. The van der Waals surface area contributed by atoms with Crippen molar-refractivity contribution >= 4 is 17.3 Å². The van der Waals surface area contributed by atoms with Crippen LogP contribution in [0.5, 0.6) is 0 Å². The van der Waals surface area contributed by atoms with E-state index in [1.807, 2.05) is 18.2 Å². The predicted molar refractivity (Wildman–Crippen MR) is 99.2 cm³/mol. The third-order valence-electron chi connectivity index (χ3n) is 4.34. The standard InChI is InChI=1S/C20H25N3O/c1-14(7-8-15-5-3-2-4-6-15)22-19-12-9-16(13-18(19)21)20(24)23-17-10-11-17/h2-6,9,12-14,17,22H,7-8,10-11,21H2,1H3,(H,23,24)/t14-/m1/s1. The van der Waals surface area contributed by atoms with Crippen molar-refractivity contribution in [3.63, 3.8) is 0 Å². The van der Waals surface area contributed by atoms with Crippen LogP contribution in [0.2, 0.25) is 0 Å². The smallest absolute Gasteiger partial charge is 0.251 e.